The number of aromatic nitrogens is 1. The largest absolute Gasteiger partial charge is 0.492 e. The third-order valence-corrected chi connectivity index (χ3v) is 4.27. The van der Waals surface area contributed by atoms with Crippen molar-refractivity contribution in [3.8, 4) is 5.75 Å². The third kappa shape index (κ3) is 3.32. The van der Waals surface area contributed by atoms with E-state index in [2.05, 4.69) is 26.2 Å². The maximum Gasteiger partial charge on any atom is 0.137 e. The summed E-state index contributed by atoms with van der Waals surface area (Å²) in [5, 5.41) is 3.97. The Labute approximate surface area is 132 Å². The van der Waals surface area contributed by atoms with Crippen molar-refractivity contribution in [1.29, 1.82) is 0 Å². The van der Waals surface area contributed by atoms with Crippen LogP contribution < -0.4 is 10.1 Å². The molecule has 1 unspecified atom stereocenters. The van der Waals surface area contributed by atoms with Gasteiger partial charge in [-0.15, -0.1) is 0 Å². The molecule has 0 saturated carbocycles. The predicted octanol–water partition coefficient (Wildman–Crippen LogP) is 4.21. The van der Waals surface area contributed by atoms with Crippen LogP contribution in [0.4, 0.5) is 0 Å². The molecule has 3 nitrogen and oxygen atoms in total. The number of ether oxygens (including phenoxy) is 1. The molecule has 1 heterocycles. The number of halogens is 2. The first kappa shape index (κ1) is 15.3. The van der Waals surface area contributed by atoms with Gasteiger partial charge in [0.25, 0.3) is 0 Å². The molecule has 1 aromatic carbocycles. The Morgan fingerprint density at radius 2 is 2.20 bits per heavy atom. The summed E-state index contributed by atoms with van der Waals surface area (Å²) in [7, 11) is 1.90. The Morgan fingerprint density at radius 3 is 2.90 bits per heavy atom. The zero-order chi connectivity index (χ0) is 14.5. The summed E-state index contributed by atoms with van der Waals surface area (Å²) in [6, 6.07) is 7.84. The van der Waals surface area contributed by atoms with E-state index in [4.69, 9.17) is 16.3 Å². The molecule has 20 heavy (non-hydrogen) atoms. The monoisotopic (exact) mass is 354 g/mol. The number of rotatable bonds is 5. The summed E-state index contributed by atoms with van der Waals surface area (Å²) < 4.78 is 6.38. The van der Waals surface area contributed by atoms with E-state index in [1.165, 1.54) is 0 Å². The normalized spacial score (nSPS) is 12.2. The number of hydrogen-bond acceptors (Lipinski definition) is 3. The lowest BCUT2D eigenvalue weighted by atomic mass is 10.0. The van der Waals surface area contributed by atoms with Crippen LogP contribution in [-0.2, 0) is 0 Å². The van der Waals surface area contributed by atoms with Gasteiger partial charge in [0, 0.05) is 10.7 Å². The summed E-state index contributed by atoms with van der Waals surface area (Å²) in [6.45, 7) is 2.57. The Hall–Kier alpha value is -1.10. The van der Waals surface area contributed by atoms with E-state index in [0.717, 1.165) is 21.3 Å². The molecule has 5 heteroatoms. The van der Waals surface area contributed by atoms with Crippen LogP contribution in [0.2, 0.25) is 5.02 Å². The van der Waals surface area contributed by atoms with Crippen LogP contribution in [-0.4, -0.2) is 18.6 Å². The number of pyridine rings is 1. The van der Waals surface area contributed by atoms with Crippen LogP contribution in [0.1, 0.15) is 24.1 Å². The minimum absolute atomic E-state index is 0.0343. The molecule has 0 fully saturated rings. The molecule has 1 atom stereocenters. The standard InChI is InChI=1S/C15H16BrClN2O/c1-3-20-11-7-10(8-19-9-11)15(18-2)12-5-4-6-13(16)14(12)17/h4-9,15,18H,3H2,1-2H3. The highest BCUT2D eigenvalue weighted by atomic mass is 79.9. The summed E-state index contributed by atoms with van der Waals surface area (Å²) in [5.41, 5.74) is 2.01. The topological polar surface area (TPSA) is 34.1 Å². The molecule has 106 valence electrons. The fraction of sp³-hybridized carbons (Fsp3) is 0.267. The van der Waals surface area contributed by atoms with Gasteiger partial charge in [-0.3, -0.25) is 4.98 Å². The van der Waals surface area contributed by atoms with Gasteiger partial charge in [-0.2, -0.15) is 0 Å². The van der Waals surface area contributed by atoms with Gasteiger partial charge in [-0.05, 0) is 53.2 Å². The SMILES string of the molecule is CCOc1cncc(C(NC)c2cccc(Br)c2Cl)c1. The van der Waals surface area contributed by atoms with E-state index < -0.39 is 0 Å². The second-order valence-electron chi connectivity index (χ2n) is 4.25. The molecule has 0 spiro atoms. The lowest BCUT2D eigenvalue weighted by Crippen LogP contribution is -2.18. The highest BCUT2D eigenvalue weighted by molar-refractivity contribution is 9.10. The van der Waals surface area contributed by atoms with Crippen molar-refractivity contribution in [3.63, 3.8) is 0 Å². The van der Waals surface area contributed by atoms with Crippen LogP contribution in [0.15, 0.2) is 41.1 Å². The van der Waals surface area contributed by atoms with Gasteiger partial charge in [-0.1, -0.05) is 23.7 Å². The summed E-state index contributed by atoms with van der Waals surface area (Å²) in [4.78, 5) is 4.23. The Kier molecular flexibility index (Phi) is 5.40. The minimum atomic E-state index is -0.0343. The maximum absolute atomic E-state index is 6.38. The van der Waals surface area contributed by atoms with Crippen LogP contribution >= 0.6 is 27.5 Å². The van der Waals surface area contributed by atoms with Gasteiger partial charge < -0.3 is 10.1 Å². The zero-order valence-electron chi connectivity index (χ0n) is 11.4. The first-order valence-corrected chi connectivity index (χ1v) is 7.53. The van der Waals surface area contributed by atoms with Gasteiger partial charge in [0.2, 0.25) is 0 Å². The number of nitrogens with zero attached hydrogens (tertiary/aromatic N) is 1. The Morgan fingerprint density at radius 1 is 1.40 bits per heavy atom. The van der Waals surface area contributed by atoms with Crippen LogP contribution in [0, 0.1) is 0 Å². The van der Waals surface area contributed by atoms with Crippen molar-refractivity contribution in [2.24, 2.45) is 0 Å². The second-order valence-corrected chi connectivity index (χ2v) is 5.48. The maximum atomic E-state index is 6.38. The first-order valence-electron chi connectivity index (χ1n) is 6.36. The van der Waals surface area contributed by atoms with Crippen molar-refractivity contribution in [2.75, 3.05) is 13.7 Å². The molecular weight excluding hydrogens is 340 g/mol. The Bertz CT molecular complexity index is 592. The quantitative estimate of drug-likeness (QED) is 0.872. The van der Waals surface area contributed by atoms with Crippen molar-refractivity contribution in [2.45, 2.75) is 13.0 Å². The molecule has 1 N–H and O–H groups in total. The number of hydrogen-bond donors (Lipinski definition) is 1. The number of nitrogens with one attached hydrogen (secondary N) is 1. The van der Waals surface area contributed by atoms with E-state index in [1.807, 2.05) is 44.4 Å². The molecule has 0 aliphatic heterocycles. The lowest BCUT2D eigenvalue weighted by molar-refractivity contribution is 0.338. The zero-order valence-corrected chi connectivity index (χ0v) is 13.7. The van der Waals surface area contributed by atoms with Gasteiger partial charge in [0.05, 0.1) is 23.9 Å². The third-order valence-electron chi connectivity index (χ3n) is 2.96. The minimum Gasteiger partial charge on any atom is -0.492 e. The molecule has 0 aliphatic rings. The first-order chi connectivity index (χ1) is 9.67. The molecule has 0 radical (unpaired) electrons. The van der Waals surface area contributed by atoms with E-state index >= 15 is 0 Å². The molecule has 0 amide bonds. The molecule has 0 saturated heterocycles. The fourth-order valence-electron chi connectivity index (χ4n) is 2.08. The van der Waals surface area contributed by atoms with Crippen LogP contribution in [0.25, 0.3) is 0 Å². The van der Waals surface area contributed by atoms with E-state index in [-0.39, 0.29) is 6.04 Å². The summed E-state index contributed by atoms with van der Waals surface area (Å²) in [6.07, 6.45) is 3.53. The van der Waals surface area contributed by atoms with Crippen LogP contribution in [0.3, 0.4) is 0 Å². The summed E-state index contributed by atoms with van der Waals surface area (Å²) in [5.74, 6) is 0.761. The van der Waals surface area contributed by atoms with Crippen LogP contribution in [0.5, 0.6) is 5.75 Å². The molecule has 0 aliphatic carbocycles. The van der Waals surface area contributed by atoms with Gasteiger partial charge in [0.15, 0.2) is 0 Å². The second kappa shape index (κ2) is 7.07. The molecule has 2 aromatic rings. The predicted molar refractivity (Wildman–Crippen MR) is 85.5 cm³/mol. The van der Waals surface area contributed by atoms with E-state index in [9.17, 15) is 0 Å². The van der Waals surface area contributed by atoms with Crippen molar-refractivity contribution in [1.82, 2.24) is 10.3 Å². The smallest absolute Gasteiger partial charge is 0.137 e. The molecular formula is C15H16BrClN2O. The van der Waals surface area contributed by atoms with Crippen molar-refractivity contribution >= 4 is 27.5 Å². The molecule has 0 bridgehead atoms. The average Bonchev–Trinajstić information content (AvgIpc) is 2.45. The molecule has 1 aromatic heterocycles. The molecule has 2 rings (SSSR count). The van der Waals surface area contributed by atoms with Crippen molar-refractivity contribution < 1.29 is 4.74 Å². The highest BCUT2D eigenvalue weighted by Gasteiger charge is 2.17. The summed E-state index contributed by atoms with van der Waals surface area (Å²) >= 11 is 9.83. The Balaban J connectivity index is 2.41. The van der Waals surface area contributed by atoms with Gasteiger partial charge >= 0.3 is 0 Å². The van der Waals surface area contributed by atoms with E-state index in [0.29, 0.717) is 11.6 Å². The van der Waals surface area contributed by atoms with Gasteiger partial charge in [0.1, 0.15) is 5.75 Å². The fourth-order valence-corrected chi connectivity index (χ4v) is 2.70. The van der Waals surface area contributed by atoms with Gasteiger partial charge in [-0.25, -0.2) is 0 Å². The van der Waals surface area contributed by atoms with Crippen molar-refractivity contribution in [3.05, 3.63) is 57.3 Å². The lowest BCUT2D eigenvalue weighted by Gasteiger charge is -2.19. The van der Waals surface area contributed by atoms with E-state index in [1.54, 1.807) is 6.20 Å². The number of benzene rings is 1. The highest BCUT2D eigenvalue weighted by Crippen LogP contribution is 2.33. The average molecular weight is 356 g/mol.